The van der Waals surface area contributed by atoms with Gasteiger partial charge in [0, 0.05) is 23.5 Å². The Hall–Kier alpha value is -2.38. The lowest BCUT2D eigenvalue weighted by molar-refractivity contribution is -0.170. The molecule has 8 nitrogen and oxygen atoms in total. The molecule has 0 aliphatic carbocycles. The fourth-order valence-electron chi connectivity index (χ4n) is 1.04. The molecule has 0 unspecified atom stereocenters. The minimum atomic E-state index is -1.00. The first-order chi connectivity index (χ1) is 12.5. The maximum absolute atomic E-state index is 11.3. The van der Waals surface area contributed by atoms with Gasteiger partial charge in [-0.25, -0.2) is 9.59 Å². The molecule has 26 heavy (non-hydrogen) atoms. The van der Waals surface area contributed by atoms with Crippen LogP contribution in [0.15, 0.2) is 23.0 Å². The molecule has 0 heterocycles. The molecule has 0 rings (SSSR count). The van der Waals surface area contributed by atoms with E-state index < -0.39 is 43.9 Å². The summed E-state index contributed by atoms with van der Waals surface area (Å²) in [7, 11) is 0. The summed E-state index contributed by atoms with van der Waals surface area (Å²) >= 11 is 3.10. The lowest BCUT2D eigenvalue weighted by Gasteiger charge is -2.05. The summed E-state index contributed by atoms with van der Waals surface area (Å²) in [6.45, 7) is 0.590. The Balaban J connectivity index is 3.73. The molecule has 0 spiro atoms. The maximum Gasteiger partial charge on any atom is 0.386 e. The molecule has 0 aliphatic heterocycles. The average molecular weight is 402 g/mol. The van der Waals surface area contributed by atoms with E-state index in [1.165, 1.54) is 17.8 Å². The Morgan fingerprint density at radius 3 is 2.08 bits per heavy atom. The lowest BCUT2D eigenvalue weighted by atomic mass is 10.4. The van der Waals surface area contributed by atoms with E-state index in [1.54, 1.807) is 23.1 Å². The van der Waals surface area contributed by atoms with E-state index in [1.807, 2.05) is 18.4 Å². The SMILES string of the molecule is C#CC(=O)OCOC(=O)CC(=O)OCOC(=O)/C=C/SCCSC=CC. The van der Waals surface area contributed by atoms with Crippen molar-refractivity contribution in [3.05, 3.63) is 23.0 Å². The molecule has 142 valence electrons. The molecule has 0 aliphatic rings. The third-order valence-corrected chi connectivity index (χ3v) is 4.02. The van der Waals surface area contributed by atoms with Gasteiger partial charge in [-0.1, -0.05) is 6.08 Å². The van der Waals surface area contributed by atoms with Gasteiger partial charge in [-0.05, 0) is 17.7 Å². The predicted molar refractivity (Wildman–Crippen MR) is 96.4 cm³/mol. The Morgan fingerprint density at radius 1 is 0.923 bits per heavy atom. The smallest absolute Gasteiger partial charge is 0.386 e. The first-order valence-electron chi connectivity index (χ1n) is 7.11. The fourth-order valence-corrected chi connectivity index (χ4v) is 2.49. The van der Waals surface area contributed by atoms with Crippen molar-refractivity contribution >= 4 is 47.4 Å². The minimum absolute atomic E-state index is 0.636. The van der Waals surface area contributed by atoms with E-state index in [-0.39, 0.29) is 0 Å². The standard InChI is InChI=1S/C16H18O8S2/c1-3-6-25-8-9-26-7-5-14(18)22-12-24-16(20)10-15(19)23-11-21-13(17)4-2/h2-3,5-7H,8-12H2,1H3/b6-3?,7-5+. The Kier molecular flexibility index (Phi) is 14.6. The normalized spacial score (nSPS) is 10.3. The highest BCUT2D eigenvalue weighted by Gasteiger charge is 2.13. The Bertz CT molecular complexity index is 577. The molecule has 0 atom stereocenters. The van der Waals surface area contributed by atoms with Gasteiger partial charge < -0.3 is 18.9 Å². The number of hydrogen-bond donors (Lipinski definition) is 0. The fraction of sp³-hybridized carbons (Fsp3) is 0.375. The van der Waals surface area contributed by atoms with Crippen LogP contribution < -0.4 is 0 Å². The molecular formula is C16H18O8S2. The lowest BCUT2D eigenvalue weighted by Crippen LogP contribution is -2.18. The Morgan fingerprint density at radius 2 is 1.50 bits per heavy atom. The van der Waals surface area contributed by atoms with Crippen LogP contribution in [0.5, 0.6) is 0 Å². The number of terminal acetylenes is 1. The monoisotopic (exact) mass is 402 g/mol. The molecule has 0 aromatic heterocycles. The molecule has 0 saturated heterocycles. The van der Waals surface area contributed by atoms with E-state index in [0.717, 1.165) is 11.5 Å². The highest BCUT2D eigenvalue weighted by atomic mass is 32.2. The molecule has 0 saturated carbocycles. The van der Waals surface area contributed by atoms with Gasteiger partial charge in [0.2, 0.25) is 13.6 Å². The molecule has 0 N–H and O–H groups in total. The maximum atomic E-state index is 11.3. The molecule has 0 aromatic rings. The van der Waals surface area contributed by atoms with Gasteiger partial charge in [0.15, 0.2) is 0 Å². The van der Waals surface area contributed by atoms with E-state index in [9.17, 15) is 19.2 Å². The van der Waals surface area contributed by atoms with Gasteiger partial charge in [-0.2, -0.15) is 0 Å². The van der Waals surface area contributed by atoms with Crippen LogP contribution in [0, 0.1) is 12.3 Å². The third-order valence-electron chi connectivity index (χ3n) is 2.09. The minimum Gasteiger partial charge on any atom is -0.427 e. The zero-order valence-electron chi connectivity index (χ0n) is 14.0. The van der Waals surface area contributed by atoms with Crippen LogP contribution in [-0.2, 0) is 38.1 Å². The van der Waals surface area contributed by atoms with Gasteiger partial charge in [0.05, 0.1) is 0 Å². The van der Waals surface area contributed by atoms with Gasteiger partial charge in [0.1, 0.15) is 6.42 Å². The second-order valence-electron chi connectivity index (χ2n) is 4.00. The highest BCUT2D eigenvalue weighted by Crippen LogP contribution is 2.09. The number of carbonyl (C=O) groups is 4. The molecule has 0 radical (unpaired) electrons. The summed E-state index contributed by atoms with van der Waals surface area (Å²) in [6, 6.07) is 0. The number of esters is 4. The van der Waals surface area contributed by atoms with E-state index in [0.29, 0.717) is 0 Å². The molecule has 0 bridgehead atoms. The van der Waals surface area contributed by atoms with Crippen LogP contribution in [0.1, 0.15) is 13.3 Å². The molecule has 0 fully saturated rings. The zero-order valence-corrected chi connectivity index (χ0v) is 15.6. The van der Waals surface area contributed by atoms with Crippen LogP contribution in [-0.4, -0.2) is 49.0 Å². The summed E-state index contributed by atoms with van der Waals surface area (Å²) < 4.78 is 17.8. The van der Waals surface area contributed by atoms with E-state index in [4.69, 9.17) is 6.42 Å². The first-order valence-corrected chi connectivity index (χ1v) is 9.21. The number of rotatable bonds is 12. The van der Waals surface area contributed by atoms with Crippen LogP contribution in [0.2, 0.25) is 0 Å². The van der Waals surface area contributed by atoms with Crippen molar-refractivity contribution in [2.45, 2.75) is 13.3 Å². The average Bonchev–Trinajstić information content (AvgIpc) is 2.60. The first kappa shape index (κ1) is 23.6. The second-order valence-corrected chi connectivity index (χ2v) is 6.03. The number of thioether (sulfide) groups is 2. The summed E-state index contributed by atoms with van der Waals surface area (Å²) in [5.41, 5.74) is 0. The molecule has 10 heteroatoms. The van der Waals surface area contributed by atoms with Gasteiger partial charge >= 0.3 is 23.9 Å². The third kappa shape index (κ3) is 15.2. The highest BCUT2D eigenvalue weighted by molar-refractivity contribution is 8.05. The van der Waals surface area contributed by atoms with Crippen LogP contribution in [0.25, 0.3) is 0 Å². The number of hydrogen-bond acceptors (Lipinski definition) is 10. The summed E-state index contributed by atoms with van der Waals surface area (Å²) in [6.07, 6.45) is 7.13. The molecule has 0 amide bonds. The van der Waals surface area contributed by atoms with Crippen molar-refractivity contribution in [2.24, 2.45) is 0 Å². The predicted octanol–water partition coefficient (Wildman–Crippen LogP) is 1.61. The second kappa shape index (κ2) is 16.1. The van der Waals surface area contributed by atoms with Crippen molar-refractivity contribution < 1.29 is 38.1 Å². The summed E-state index contributed by atoms with van der Waals surface area (Å²) in [5.74, 6) is -0.268. The quantitative estimate of drug-likeness (QED) is 0.0909. The van der Waals surface area contributed by atoms with Crippen molar-refractivity contribution in [3.63, 3.8) is 0 Å². The number of allylic oxidation sites excluding steroid dienone is 1. The van der Waals surface area contributed by atoms with Gasteiger partial charge in [0.25, 0.3) is 0 Å². The molecular weight excluding hydrogens is 384 g/mol. The van der Waals surface area contributed by atoms with Crippen LogP contribution in [0.3, 0.4) is 0 Å². The van der Waals surface area contributed by atoms with Gasteiger partial charge in [-0.3, -0.25) is 9.59 Å². The zero-order chi connectivity index (χ0) is 19.6. The van der Waals surface area contributed by atoms with Crippen molar-refractivity contribution in [1.29, 1.82) is 0 Å². The topological polar surface area (TPSA) is 105 Å². The van der Waals surface area contributed by atoms with Crippen molar-refractivity contribution in [2.75, 3.05) is 25.1 Å². The summed E-state index contributed by atoms with van der Waals surface area (Å²) in [4.78, 5) is 44.4. The van der Waals surface area contributed by atoms with Crippen molar-refractivity contribution in [3.8, 4) is 12.3 Å². The van der Waals surface area contributed by atoms with Gasteiger partial charge in [-0.15, -0.1) is 29.9 Å². The number of carbonyl (C=O) groups excluding carboxylic acids is 4. The molecule has 0 aromatic carbocycles. The van der Waals surface area contributed by atoms with E-state index in [2.05, 4.69) is 18.9 Å². The van der Waals surface area contributed by atoms with Crippen LogP contribution in [0.4, 0.5) is 0 Å². The van der Waals surface area contributed by atoms with E-state index >= 15 is 0 Å². The Labute approximate surface area is 159 Å². The largest absolute Gasteiger partial charge is 0.427 e. The summed E-state index contributed by atoms with van der Waals surface area (Å²) in [5, 5.41) is 3.56. The van der Waals surface area contributed by atoms with Crippen molar-refractivity contribution in [1.82, 2.24) is 0 Å². The number of ether oxygens (including phenoxy) is 4. The van der Waals surface area contributed by atoms with Crippen LogP contribution >= 0.6 is 23.5 Å².